The Morgan fingerprint density at radius 3 is 2.42 bits per heavy atom. The molecule has 0 radical (unpaired) electrons. The summed E-state index contributed by atoms with van der Waals surface area (Å²) in [5.41, 5.74) is 1.19. The summed E-state index contributed by atoms with van der Waals surface area (Å²) in [5, 5.41) is 2.19. The van der Waals surface area contributed by atoms with Crippen molar-refractivity contribution in [2.45, 2.75) is 6.61 Å². The SMILES string of the molecule is COc1ccc(N2C(=O)NC(=O)/C(=C\c3cc(I)c(OCc4cccc(F)c4)c(OC)c3)C2=O)cc1. The number of carbonyl (C=O) groups excluding carboxylic acids is 3. The Kier molecular flexibility index (Phi) is 7.53. The van der Waals surface area contributed by atoms with E-state index in [9.17, 15) is 18.8 Å². The molecule has 4 rings (SSSR count). The van der Waals surface area contributed by atoms with E-state index in [0.717, 1.165) is 4.90 Å². The van der Waals surface area contributed by atoms with Crippen molar-refractivity contribution < 1.29 is 33.0 Å². The smallest absolute Gasteiger partial charge is 0.335 e. The molecule has 1 aliphatic rings. The Bertz CT molecular complexity index is 1370. The molecule has 0 bridgehead atoms. The Balaban J connectivity index is 1.63. The van der Waals surface area contributed by atoms with Crippen LogP contribution in [0.1, 0.15) is 11.1 Å². The normalized spacial score (nSPS) is 14.6. The highest BCUT2D eigenvalue weighted by molar-refractivity contribution is 14.1. The molecule has 0 unspecified atom stereocenters. The average Bonchev–Trinajstić information content (AvgIpc) is 2.86. The standard InChI is InChI=1S/C26H20FIN2O6/c1-34-19-8-6-18(7-9-19)30-25(32)20(24(31)29-26(30)33)11-16-12-21(28)23(22(13-16)35-2)36-14-15-4-3-5-17(27)10-15/h3-13H,14H2,1-2H3,(H,29,31,33)/b20-11+. The Labute approximate surface area is 219 Å². The molecule has 1 heterocycles. The van der Waals surface area contributed by atoms with Crippen molar-refractivity contribution in [1.82, 2.24) is 5.32 Å². The van der Waals surface area contributed by atoms with Crippen LogP contribution in [0.25, 0.3) is 6.08 Å². The van der Waals surface area contributed by atoms with E-state index in [1.165, 1.54) is 32.4 Å². The lowest BCUT2D eigenvalue weighted by Gasteiger charge is -2.26. The largest absolute Gasteiger partial charge is 0.497 e. The fraction of sp³-hybridized carbons (Fsp3) is 0.115. The maximum absolute atomic E-state index is 13.5. The molecule has 0 saturated carbocycles. The van der Waals surface area contributed by atoms with Crippen molar-refractivity contribution in [2.75, 3.05) is 19.1 Å². The first kappa shape index (κ1) is 25.2. The van der Waals surface area contributed by atoms with Gasteiger partial charge in [0.15, 0.2) is 11.5 Å². The first-order valence-electron chi connectivity index (χ1n) is 10.6. The summed E-state index contributed by atoms with van der Waals surface area (Å²) in [6.07, 6.45) is 1.38. The molecule has 0 atom stereocenters. The monoisotopic (exact) mass is 602 g/mol. The van der Waals surface area contributed by atoms with Gasteiger partial charge >= 0.3 is 6.03 Å². The van der Waals surface area contributed by atoms with Crippen LogP contribution in [0.5, 0.6) is 17.2 Å². The van der Waals surface area contributed by atoms with Gasteiger partial charge in [0, 0.05) is 0 Å². The molecule has 184 valence electrons. The zero-order valence-corrected chi connectivity index (χ0v) is 21.4. The topological polar surface area (TPSA) is 94.2 Å². The van der Waals surface area contributed by atoms with Crippen molar-refractivity contribution in [3.05, 3.63) is 86.8 Å². The van der Waals surface area contributed by atoms with E-state index in [-0.39, 0.29) is 23.7 Å². The van der Waals surface area contributed by atoms with Crippen molar-refractivity contribution in [2.24, 2.45) is 0 Å². The van der Waals surface area contributed by atoms with Gasteiger partial charge < -0.3 is 14.2 Å². The first-order chi connectivity index (χ1) is 17.3. The second-order valence-electron chi connectivity index (χ2n) is 7.61. The number of imide groups is 2. The Hall–Kier alpha value is -3.93. The van der Waals surface area contributed by atoms with Gasteiger partial charge in [-0.3, -0.25) is 14.9 Å². The summed E-state index contributed by atoms with van der Waals surface area (Å²) >= 11 is 2.04. The number of benzene rings is 3. The van der Waals surface area contributed by atoms with Gasteiger partial charge in [0.05, 0.1) is 23.5 Å². The van der Waals surface area contributed by atoms with Crippen LogP contribution in [0.4, 0.5) is 14.9 Å². The maximum Gasteiger partial charge on any atom is 0.335 e. The molecule has 1 fully saturated rings. The van der Waals surface area contributed by atoms with E-state index in [0.29, 0.717) is 31.9 Å². The van der Waals surface area contributed by atoms with Crippen LogP contribution in [0, 0.1) is 9.39 Å². The van der Waals surface area contributed by atoms with Crippen LogP contribution in [0.2, 0.25) is 0 Å². The van der Waals surface area contributed by atoms with Crippen LogP contribution in [-0.2, 0) is 16.2 Å². The van der Waals surface area contributed by atoms with Crippen molar-refractivity contribution in [1.29, 1.82) is 0 Å². The molecule has 3 aromatic rings. The number of barbiturate groups is 1. The molecule has 1 aliphatic heterocycles. The van der Waals surface area contributed by atoms with E-state index in [4.69, 9.17) is 14.2 Å². The molecule has 4 amide bonds. The number of urea groups is 1. The third-order valence-electron chi connectivity index (χ3n) is 5.27. The van der Waals surface area contributed by atoms with E-state index in [1.54, 1.807) is 48.5 Å². The fourth-order valence-electron chi connectivity index (χ4n) is 3.54. The summed E-state index contributed by atoms with van der Waals surface area (Å²) in [7, 11) is 2.96. The quantitative estimate of drug-likeness (QED) is 0.240. The van der Waals surface area contributed by atoms with E-state index in [1.807, 2.05) is 22.6 Å². The molecule has 3 aromatic carbocycles. The molecule has 8 nitrogen and oxygen atoms in total. The van der Waals surface area contributed by atoms with Gasteiger partial charge in [0.2, 0.25) is 0 Å². The predicted molar refractivity (Wildman–Crippen MR) is 138 cm³/mol. The lowest BCUT2D eigenvalue weighted by molar-refractivity contribution is -0.122. The Morgan fingerprint density at radius 1 is 1.00 bits per heavy atom. The summed E-state index contributed by atoms with van der Waals surface area (Å²) in [6, 6.07) is 14.8. The van der Waals surface area contributed by atoms with E-state index >= 15 is 0 Å². The first-order valence-corrected chi connectivity index (χ1v) is 11.7. The number of anilines is 1. The van der Waals surface area contributed by atoms with Crippen molar-refractivity contribution >= 4 is 52.2 Å². The van der Waals surface area contributed by atoms with Crippen LogP contribution in [-0.4, -0.2) is 32.1 Å². The highest BCUT2D eigenvalue weighted by Crippen LogP contribution is 2.35. The maximum atomic E-state index is 13.5. The van der Waals surface area contributed by atoms with Gasteiger partial charge in [-0.05, 0) is 88.3 Å². The highest BCUT2D eigenvalue weighted by Gasteiger charge is 2.36. The van der Waals surface area contributed by atoms with Crippen molar-refractivity contribution in [3.8, 4) is 17.2 Å². The Morgan fingerprint density at radius 2 is 1.75 bits per heavy atom. The van der Waals surface area contributed by atoms with E-state index in [2.05, 4.69) is 5.32 Å². The number of nitrogens with zero attached hydrogens (tertiary/aromatic N) is 1. The molecule has 0 spiro atoms. The number of rotatable bonds is 7. The molecule has 0 aromatic heterocycles. The second kappa shape index (κ2) is 10.8. The predicted octanol–water partition coefficient (Wildman–Crippen LogP) is 4.69. The summed E-state index contributed by atoms with van der Waals surface area (Å²) in [4.78, 5) is 39.0. The minimum atomic E-state index is -0.847. The van der Waals surface area contributed by atoms with Gasteiger partial charge in [0.1, 0.15) is 23.7 Å². The average molecular weight is 602 g/mol. The minimum Gasteiger partial charge on any atom is -0.497 e. The number of hydrogen-bond acceptors (Lipinski definition) is 6. The number of carbonyl (C=O) groups is 3. The number of halogens is 2. The van der Waals surface area contributed by atoms with Crippen LogP contribution in [0.15, 0.2) is 66.2 Å². The van der Waals surface area contributed by atoms with Gasteiger partial charge in [-0.2, -0.15) is 0 Å². The second-order valence-corrected chi connectivity index (χ2v) is 8.77. The number of methoxy groups -OCH3 is 2. The number of ether oxygens (including phenoxy) is 3. The third kappa shape index (κ3) is 5.33. The van der Waals surface area contributed by atoms with Gasteiger partial charge in [0.25, 0.3) is 11.8 Å². The summed E-state index contributed by atoms with van der Waals surface area (Å²) in [5.74, 6) is -0.602. The summed E-state index contributed by atoms with van der Waals surface area (Å²) in [6.45, 7) is 0.115. The molecule has 10 heteroatoms. The molecular formula is C26H20FIN2O6. The highest BCUT2D eigenvalue weighted by atomic mass is 127. The lowest BCUT2D eigenvalue weighted by atomic mass is 10.1. The molecule has 1 N–H and O–H groups in total. The van der Waals surface area contributed by atoms with Gasteiger partial charge in [-0.15, -0.1) is 0 Å². The van der Waals surface area contributed by atoms with Crippen molar-refractivity contribution in [3.63, 3.8) is 0 Å². The molecular weight excluding hydrogens is 582 g/mol. The number of amides is 4. The zero-order chi connectivity index (χ0) is 25.8. The molecule has 0 aliphatic carbocycles. The van der Waals surface area contributed by atoms with Gasteiger partial charge in [-0.1, -0.05) is 12.1 Å². The van der Waals surface area contributed by atoms with Crippen LogP contribution >= 0.6 is 22.6 Å². The van der Waals surface area contributed by atoms with E-state index < -0.39 is 17.8 Å². The van der Waals surface area contributed by atoms with Gasteiger partial charge in [-0.25, -0.2) is 14.1 Å². The zero-order valence-electron chi connectivity index (χ0n) is 19.2. The molecule has 36 heavy (non-hydrogen) atoms. The third-order valence-corrected chi connectivity index (χ3v) is 6.07. The van der Waals surface area contributed by atoms with Crippen LogP contribution < -0.4 is 24.4 Å². The van der Waals surface area contributed by atoms with Crippen LogP contribution in [0.3, 0.4) is 0 Å². The minimum absolute atomic E-state index is 0.115. The number of nitrogens with one attached hydrogen (secondary N) is 1. The molecule has 1 saturated heterocycles. The number of hydrogen-bond donors (Lipinski definition) is 1. The fourth-order valence-corrected chi connectivity index (χ4v) is 4.32. The lowest BCUT2D eigenvalue weighted by Crippen LogP contribution is -2.54. The summed E-state index contributed by atoms with van der Waals surface area (Å²) < 4.78 is 30.5.